The summed E-state index contributed by atoms with van der Waals surface area (Å²) < 4.78 is 35.1. The van der Waals surface area contributed by atoms with Gasteiger partial charge >= 0.3 is 0 Å². The zero-order valence-electron chi connectivity index (χ0n) is 29.6. The first-order valence-electron chi connectivity index (χ1n) is 19.3. The maximum Gasteiger partial charge on any atom is 0.168 e. The maximum atomic E-state index is 10.7. The van der Waals surface area contributed by atoms with Crippen molar-refractivity contribution in [1.29, 1.82) is 0 Å². The fraction of sp³-hybridized carbons (Fsp3) is 0.949. The summed E-state index contributed by atoms with van der Waals surface area (Å²) in [5.41, 5.74) is 0.727. The highest BCUT2D eigenvalue weighted by atomic mass is 16.6. The monoisotopic (exact) mass is 646 g/mol. The van der Waals surface area contributed by atoms with Gasteiger partial charge in [-0.25, -0.2) is 0 Å². The lowest BCUT2D eigenvalue weighted by Gasteiger charge is -2.47. The Hall–Kier alpha value is -0.860. The van der Waals surface area contributed by atoms with Crippen LogP contribution in [0.2, 0.25) is 0 Å². The standard InChI is InChI=1S/C39H66O7/c1-38(2,29-9-17-34(18-10-29)44-25-36-26-45-36)27-5-13-32(14-6-27)42-21-31(40)22-43-33-15-7-28(8-16-33)39(3,4)30-11-19-35(20-12-30)46-37-23-41-24-37/h23,27-36,40H,5-22,24-26H2,1-4H3. The van der Waals surface area contributed by atoms with Gasteiger partial charge in [-0.2, -0.15) is 0 Å². The van der Waals surface area contributed by atoms with Crippen molar-refractivity contribution in [2.24, 2.45) is 34.5 Å². The predicted molar refractivity (Wildman–Crippen MR) is 179 cm³/mol. The lowest BCUT2D eigenvalue weighted by molar-refractivity contribution is -0.0878. The molecule has 0 amide bonds. The zero-order chi connectivity index (χ0) is 32.1. The average molecular weight is 647 g/mol. The van der Waals surface area contributed by atoms with Crippen LogP contribution in [0.3, 0.4) is 0 Å². The molecular formula is C39H66O7. The van der Waals surface area contributed by atoms with E-state index in [9.17, 15) is 5.11 Å². The fourth-order valence-electron chi connectivity index (χ4n) is 9.89. The van der Waals surface area contributed by atoms with Gasteiger partial charge in [-0.15, -0.1) is 0 Å². The van der Waals surface area contributed by atoms with Crippen LogP contribution in [-0.4, -0.2) is 74.8 Å². The van der Waals surface area contributed by atoms with Crippen molar-refractivity contribution in [3.8, 4) is 0 Å². The van der Waals surface area contributed by atoms with Gasteiger partial charge in [0.2, 0.25) is 0 Å². The number of aliphatic hydroxyl groups is 1. The summed E-state index contributed by atoms with van der Waals surface area (Å²) in [5.74, 6) is 4.10. The highest BCUT2D eigenvalue weighted by Gasteiger charge is 2.42. The van der Waals surface area contributed by atoms with Gasteiger partial charge in [0.05, 0.1) is 50.8 Å². The summed E-state index contributed by atoms with van der Waals surface area (Å²) in [4.78, 5) is 0. The first-order chi connectivity index (χ1) is 22.2. The Kier molecular flexibility index (Phi) is 12.0. The van der Waals surface area contributed by atoms with Gasteiger partial charge in [-0.05, 0) is 137 Å². The molecule has 0 bridgehead atoms. The Bertz CT molecular complexity index is 943. The lowest BCUT2D eigenvalue weighted by Crippen LogP contribution is -2.40. The molecule has 2 aliphatic heterocycles. The Labute approximate surface area is 279 Å². The van der Waals surface area contributed by atoms with Crippen LogP contribution in [-0.2, 0) is 28.4 Å². The molecule has 6 aliphatic rings. The molecular weight excluding hydrogens is 580 g/mol. The number of hydrogen-bond donors (Lipinski definition) is 1. The first-order valence-corrected chi connectivity index (χ1v) is 19.3. The molecule has 0 aromatic rings. The molecule has 6 rings (SSSR count). The smallest absolute Gasteiger partial charge is 0.168 e. The van der Waals surface area contributed by atoms with Crippen molar-refractivity contribution in [2.45, 2.75) is 167 Å². The number of ether oxygens (including phenoxy) is 6. The molecule has 7 nitrogen and oxygen atoms in total. The van der Waals surface area contributed by atoms with Crippen molar-refractivity contribution in [3.63, 3.8) is 0 Å². The normalized spacial score (nSPS) is 37.8. The third-order valence-corrected chi connectivity index (χ3v) is 13.6. The van der Waals surface area contributed by atoms with Crippen molar-refractivity contribution in [2.75, 3.05) is 33.0 Å². The number of aliphatic hydroxyl groups excluding tert-OH is 1. The quantitative estimate of drug-likeness (QED) is 0.181. The van der Waals surface area contributed by atoms with Crippen LogP contribution in [0.1, 0.15) is 130 Å². The molecule has 2 heterocycles. The molecule has 0 radical (unpaired) electrons. The molecule has 2 atom stereocenters. The molecule has 0 spiro atoms. The van der Waals surface area contributed by atoms with Gasteiger partial charge in [0.25, 0.3) is 0 Å². The van der Waals surface area contributed by atoms with Crippen LogP contribution in [0.15, 0.2) is 12.0 Å². The molecule has 1 saturated heterocycles. The summed E-state index contributed by atoms with van der Waals surface area (Å²) in [5, 5.41) is 10.7. The molecule has 4 saturated carbocycles. The molecule has 1 N–H and O–H groups in total. The summed E-state index contributed by atoms with van der Waals surface area (Å²) in [7, 11) is 0. The molecule has 4 aliphatic carbocycles. The van der Waals surface area contributed by atoms with Gasteiger partial charge in [-0.1, -0.05) is 27.7 Å². The van der Waals surface area contributed by atoms with E-state index in [1.165, 1.54) is 64.2 Å². The summed E-state index contributed by atoms with van der Waals surface area (Å²) >= 11 is 0. The lowest BCUT2D eigenvalue weighted by atomic mass is 9.60. The Morgan fingerprint density at radius 3 is 1.35 bits per heavy atom. The Morgan fingerprint density at radius 1 is 0.630 bits per heavy atom. The molecule has 5 fully saturated rings. The minimum atomic E-state index is -0.535. The van der Waals surface area contributed by atoms with Crippen molar-refractivity contribution >= 4 is 0 Å². The highest BCUT2D eigenvalue weighted by molar-refractivity contribution is 4.98. The maximum absolute atomic E-state index is 10.7. The third kappa shape index (κ3) is 9.22. The van der Waals surface area contributed by atoms with Gasteiger partial charge in [-0.3, -0.25) is 0 Å². The van der Waals surface area contributed by atoms with Crippen LogP contribution in [0, 0.1) is 34.5 Å². The van der Waals surface area contributed by atoms with E-state index < -0.39 is 6.10 Å². The van der Waals surface area contributed by atoms with Gasteiger partial charge in [0.1, 0.15) is 25.1 Å². The van der Waals surface area contributed by atoms with Crippen molar-refractivity contribution in [3.05, 3.63) is 12.0 Å². The van der Waals surface area contributed by atoms with Crippen molar-refractivity contribution in [1.82, 2.24) is 0 Å². The summed E-state index contributed by atoms with van der Waals surface area (Å²) in [6.07, 6.45) is 22.2. The predicted octanol–water partition coefficient (Wildman–Crippen LogP) is 7.97. The molecule has 46 heavy (non-hydrogen) atoms. The van der Waals surface area contributed by atoms with E-state index in [0.29, 0.717) is 49.0 Å². The van der Waals surface area contributed by atoms with Crippen molar-refractivity contribution < 1.29 is 33.5 Å². The molecule has 264 valence electrons. The van der Waals surface area contributed by atoms with E-state index in [1.54, 1.807) is 6.26 Å². The van der Waals surface area contributed by atoms with Crippen LogP contribution in [0.4, 0.5) is 0 Å². The van der Waals surface area contributed by atoms with Crippen LogP contribution < -0.4 is 0 Å². The van der Waals surface area contributed by atoms with E-state index in [2.05, 4.69) is 27.7 Å². The summed E-state index contributed by atoms with van der Waals surface area (Å²) in [6.45, 7) is 13.2. The minimum absolute atomic E-state index is 0.273. The number of epoxide rings is 1. The first kappa shape index (κ1) is 35.0. The molecule has 7 heteroatoms. The largest absolute Gasteiger partial charge is 0.490 e. The molecule has 0 aromatic heterocycles. The average Bonchev–Trinajstić information content (AvgIpc) is 3.89. The fourth-order valence-corrected chi connectivity index (χ4v) is 9.89. The molecule has 0 aromatic carbocycles. The highest BCUT2D eigenvalue weighted by Crippen LogP contribution is 2.50. The third-order valence-electron chi connectivity index (χ3n) is 13.6. The molecule has 2 unspecified atom stereocenters. The topological polar surface area (TPSA) is 78.9 Å². The van der Waals surface area contributed by atoms with E-state index in [4.69, 9.17) is 28.4 Å². The van der Waals surface area contributed by atoms with E-state index in [0.717, 1.165) is 81.2 Å². The SMILES string of the molecule is CC(C)(C1CCC(OCC(O)COC2CCC(C(C)(C)C3CCC(OC4=COC4)CC3)CC2)CC1)C1CCC(OCC2CO2)CC1. The number of rotatable bonds is 15. The zero-order valence-corrected chi connectivity index (χ0v) is 29.6. The number of hydrogen-bond acceptors (Lipinski definition) is 7. The van der Waals surface area contributed by atoms with E-state index in [1.807, 2.05) is 0 Å². The second-order valence-corrected chi connectivity index (χ2v) is 17.2. The Morgan fingerprint density at radius 2 is 1.00 bits per heavy atom. The van der Waals surface area contributed by atoms with Gasteiger partial charge < -0.3 is 33.5 Å². The van der Waals surface area contributed by atoms with Crippen LogP contribution in [0.5, 0.6) is 0 Å². The minimum Gasteiger partial charge on any atom is -0.490 e. The van der Waals surface area contributed by atoms with Gasteiger partial charge in [0.15, 0.2) is 5.76 Å². The van der Waals surface area contributed by atoms with Crippen LogP contribution >= 0.6 is 0 Å². The van der Waals surface area contributed by atoms with Crippen LogP contribution in [0.25, 0.3) is 0 Å². The van der Waals surface area contributed by atoms with Gasteiger partial charge in [0, 0.05) is 0 Å². The van der Waals surface area contributed by atoms with E-state index >= 15 is 0 Å². The van der Waals surface area contributed by atoms with E-state index in [-0.39, 0.29) is 12.2 Å². The second-order valence-electron chi connectivity index (χ2n) is 17.2. The second kappa shape index (κ2) is 15.8. The summed E-state index contributed by atoms with van der Waals surface area (Å²) in [6, 6.07) is 0. The Balaban J connectivity index is 0.819.